The molecule has 3 heterocycles. The van der Waals surface area contributed by atoms with Crippen LogP contribution in [0.15, 0.2) is 39.5 Å². The van der Waals surface area contributed by atoms with E-state index in [0.717, 1.165) is 67.5 Å². The van der Waals surface area contributed by atoms with Crippen LogP contribution in [0.25, 0.3) is 22.3 Å². The van der Waals surface area contributed by atoms with Crippen molar-refractivity contribution in [2.75, 3.05) is 13.7 Å². The van der Waals surface area contributed by atoms with Crippen molar-refractivity contribution in [1.82, 2.24) is 0 Å². The van der Waals surface area contributed by atoms with Crippen LogP contribution >= 0.6 is 0 Å². The molecule has 0 bridgehead atoms. The van der Waals surface area contributed by atoms with Gasteiger partial charge in [-0.1, -0.05) is 0 Å². The van der Waals surface area contributed by atoms with Crippen LogP contribution in [0.2, 0.25) is 0 Å². The van der Waals surface area contributed by atoms with Gasteiger partial charge in [0.25, 0.3) is 0 Å². The number of esters is 8. The van der Waals surface area contributed by atoms with E-state index in [4.69, 9.17) is 66.0 Å². The summed E-state index contributed by atoms with van der Waals surface area (Å²) in [7, 11) is 1.29. The fourth-order valence-corrected chi connectivity index (χ4v) is 7.28. The Hall–Kier alpha value is -7.31. The molecule has 9 unspecified atom stereocenters. The molecule has 2 aromatic carbocycles. The smallest absolute Gasteiger partial charge is 0.308 e. The number of fused-ring (bicyclic) bond motifs is 1. The number of ether oxygens (including phenoxy) is 13. The molecule has 2 aliphatic rings. The summed E-state index contributed by atoms with van der Waals surface area (Å²) in [5.74, 6) is -9.70. The van der Waals surface area contributed by atoms with Gasteiger partial charge in [0.15, 0.2) is 54.1 Å². The van der Waals surface area contributed by atoms with Crippen molar-refractivity contribution < 1.29 is 109 Å². The lowest BCUT2D eigenvalue weighted by atomic mass is 9.97. The van der Waals surface area contributed by atoms with E-state index >= 15 is 0 Å². The van der Waals surface area contributed by atoms with E-state index in [2.05, 4.69) is 0 Å². The maximum absolute atomic E-state index is 14.9. The lowest BCUT2D eigenvalue weighted by molar-refractivity contribution is -0.323. The quantitative estimate of drug-likeness (QED) is 0.130. The van der Waals surface area contributed by atoms with Crippen LogP contribution in [0.3, 0.4) is 0 Å². The van der Waals surface area contributed by atoms with Crippen molar-refractivity contribution in [3.8, 4) is 40.1 Å². The van der Waals surface area contributed by atoms with Crippen LogP contribution in [0.4, 0.5) is 0 Å². The maximum Gasteiger partial charge on any atom is 0.308 e. The van der Waals surface area contributed by atoms with Gasteiger partial charge >= 0.3 is 47.8 Å². The van der Waals surface area contributed by atoms with E-state index in [1.54, 1.807) is 0 Å². The summed E-state index contributed by atoms with van der Waals surface area (Å²) in [5, 5.41) is 10.1. The van der Waals surface area contributed by atoms with E-state index < -0.39 is 144 Å². The number of methoxy groups -OCH3 is 1. The van der Waals surface area contributed by atoms with Crippen molar-refractivity contribution in [3.05, 3.63) is 40.6 Å². The van der Waals surface area contributed by atoms with E-state index in [1.807, 2.05) is 0 Å². The Morgan fingerprint density at radius 3 is 1.63 bits per heavy atom. The Labute approximate surface area is 385 Å². The first-order valence-corrected chi connectivity index (χ1v) is 20.5. The summed E-state index contributed by atoms with van der Waals surface area (Å²) >= 11 is 0. The van der Waals surface area contributed by atoms with Gasteiger partial charge in [0.2, 0.25) is 23.6 Å². The van der Waals surface area contributed by atoms with Gasteiger partial charge in [0.05, 0.1) is 19.8 Å². The van der Waals surface area contributed by atoms with Crippen LogP contribution in [0.1, 0.15) is 62.3 Å². The van der Waals surface area contributed by atoms with Crippen LogP contribution in [0, 0.1) is 0 Å². The molecule has 0 aliphatic carbocycles. The SMILES string of the molecule is COc1cc(OC(C)=O)c2c(=O)c(OC3O[C@H](COC4OC(C)C(OC(C)=O)C(OC(C)=O)C4OC(C)=O)C(OC(C)=O)C(OC(C)=O)C3OC(C)=O)c(-c3ccc(O)c(OC(C)=O)c3)oc2c1. The minimum absolute atomic E-state index is 0.0605. The van der Waals surface area contributed by atoms with Gasteiger partial charge in [-0.15, -0.1) is 0 Å². The second-order valence-corrected chi connectivity index (χ2v) is 15.1. The minimum Gasteiger partial charge on any atom is -0.504 e. The normalized spacial score (nSPS) is 24.3. The van der Waals surface area contributed by atoms with Gasteiger partial charge < -0.3 is 71.1 Å². The van der Waals surface area contributed by atoms with Gasteiger partial charge in [-0.2, -0.15) is 0 Å². The molecule has 24 nitrogen and oxygen atoms in total. The molecule has 1 N–H and O–H groups in total. The van der Waals surface area contributed by atoms with Crippen molar-refractivity contribution >= 4 is 58.7 Å². The van der Waals surface area contributed by atoms with E-state index in [1.165, 1.54) is 32.2 Å². The highest BCUT2D eigenvalue weighted by molar-refractivity contribution is 5.91. The summed E-state index contributed by atoms with van der Waals surface area (Å²) in [6, 6.07) is 5.93. The number of carbonyl (C=O) groups is 8. The minimum atomic E-state index is -2.07. The fourth-order valence-electron chi connectivity index (χ4n) is 7.28. The van der Waals surface area contributed by atoms with Crippen molar-refractivity contribution in [2.24, 2.45) is 0 Å². The second-order valence-electron chi connectivity index (χ2n) is 15.1. The van der Waals surface area contributed by atoms with Crippen molar-refractivity contribution in [1.29, 1.82) is 0 Å². The van der Waals surface area contributed by atoms with Gasteiger partial charge in [-0.25, -0.2) is 0 Å². The van der Waals surface area contributed by atoms with Gasteiger partial charge in [0, 0.05) is 73.1 Å². The first-order valence-electron chi connectivity index (χ1n) is 20.5. The van der Waals surface area contributed by atoms with E-state index in [0.29, 0.717) is 0 Å². The monoisotopic (exact) mass is 960 g/mol. The average molecular weight is 961 g/mol. The summed E-state index contributed by atoms with van der Waals surface area (Å²) in [5.41, 5.74) is -1.41. The number of carbonyl (C=O) groups excluding carboxylic acids is 8. The lowest BCUT2D eigenvalue weighted by Gasteiger charge is -2.46. The molecule has 368 valence electrons. The zero-order valence-corrected chi connectivity index (χ0v) is 38.2. The van der Waals surface area contributed by atoms with Crippen LogP contribution in [-0.4, -0.2) is 128 Å². The number of rotatable bonds is 15. The first-order chi connectivity index (χ1) is 32.0. The average Bonchev–Trinajstić information content (AvgIpc) is 3.22. The van der Waals surface area contributed by atoms with E-state index in [9.17, 15) is 48.3 Å². The maximum atomic E-state index is 14.9. The number of benzene rings is 2. The predicted molar refractivity (Wildman–Crippen MR) is 222 cm³/mol. The largest absolute Gasteiger partial charge is 0.504 e. The molecule has 10 atom stereocenters. The Kier molecular flexibility index (Phi) is 16.7. The molecule has 0 saturated carbocycles. The third-order valence-electron chi connectivity index (χ3n) is 9.65. The standard InChI is InChI=1S/C44H48O24/c1-17-35(60-20(4)47)39(62-22(6)49)41(64-24(8)51)43(57-17)56-16-32-37(61-21(5)48)40(63-23(7)50)42(65-25(9)52)44(67-32)68-38-34(54)33-30(59-19(3)46)14-27(55-10)15-31(33)66-36(38)26-11-12-28(53)29(13-26)58-18(2)45/h11-15,17,32,35,37,39-44,53H,16H2,1-10H3/t17?,32-,35?,37?,39?,40?,41?,42?,43?,44?/m1/s1. The van der Waals surface area contributed by atoms with Gasteiger partial charge in [-0.3, -0.25) is 43.2 Å². The zero-order chi connectivity index (χ0) is 50.3. The molecule has 68 heavy (non-hydrogen) atoms. The van der Waals surface area contributed by atoms with Crippen molar-refractivity contribution in [2.45, 2.75) is 124 Å². The first kappa shape index (κ1) is 51.7. The number of phenols is 1. The van der Waals surface area contributed by atoms with Crippen LogP contribution in [0.5, 0.6) is 28.7 Å². The molecular formula is C44H48O24. The third kappa shape index (κ3) is 12.6. The van der Waals surface area contributed by atoms with E-state index in [-0.39, 0.29) is 28.4 Å². The highest BCUT2D eigenvalue weighted by Gasteiger charge is 2.55. The Balaban J connectivity index is 1.71. The van der Waals surface area contributed by atoms with Crippen LogP contribution < -0.4 is 24.4 Å². The fraction of sp³-hybridized carbons (Fsp3) is 0.477. The Morgan fingerprint density at radius 1 is 0.588 bits per heavy atom. The summed E-state index contributed by atoms with van der Waals surface area (Å²) in [6.45, 7) is 8.90. The van der Waals surface area contributed by atoms with Crippen LogP contribution in [-0.2, 0) is 81.0 Å². The zero-order valence-electron chi connectivity index (χ0n) is 38.2. The Morgan fingerprint density at radius 2 is 1.09 bits per heavy atom. The highest BCUT2D eigenvalue weighted by atomic mass is 16.8. The molecule has 2 fully saturated rings. The van der Waals surface area contributed by atoms with Gasteiger partial charge in [0.1, 0.15) is 28.6 Å². The molecule has 0 radical (unpaired) electrons. The molecular weight excluding hydrogens is 912 g/mol. The molecule has 2 aliphatic heterocycles. The number of aromatic hydroxyl groups is 1. The predicted octanol–water partition coefficient (Wildman–Crippen LogP) is 2.48. The van der Waals surface area contributed by atoms with Crippen molar-refractivity contribution in [3.63, 3.8) is 0 Å². The molecule has 3 aromatic rings. The summed E-state index contributed by atoms with van der Waals surface area (Å²) in [4.78, 5) is 114. The molecule has 1 aromatic heterocycles. The van der Waals surface area contributed by atoms with Gasteiger partial charge in [-0.05, 0) is 25.1 Å². The number of phenolic OH excluding ortho intramolecular Hbond substituents is 1. The number of hydrogen-bond acceptors (Lipinski definition) is 24. The second kappa shape index (κ2) is 22.0. The molecule has 0 spiro atoms. The molecule has 24 heteroatoms. The molecule has 0 amide bonds. The molecule has 5 rings (SSSR count). The lowest BCUT2D eigenvalue weighted by Crippen LogP contribution is -2.65. The Bertz CT molecular complexity index is 2510. The summed E-state index contributed by atoms with van der Waals surface area (Å²) in [6.07, 6.45) is -16.4. The number of hydrogen-bond donors (Lipinski definition) is 1. The topological polar surface area (TPSA) is 307 Å². The summed E-state index contributed by atoms with van der Waals surface area (Å²) < 4.78 is 79.9. The third-order valence-corrected chi connectivity index (χ3v) is 9.65. The highest BCUT2D eigenvalue weighted by Crippen LogP contribution is 2.41. The molecule has 2 saturated heterocycles.